The molecule has 0 radical (unpaired) electrons. The van der Waals surface area contributed by atoms with E-state index in [1.807, 2.05) is 13.0 Å². The van der Waals surface area contributed by atoms with Crippen LogP contribution in [0.2, 0.25) is 10.2 Å². The van der Waals surface area contributed by atoms with Crippen LogP contribution in [0.3, 0.4) is 0 Å². The molecule has 2 aromatic rings. The molecule has 0 saturated heterocycles. The van der Waals surface area contributed by atoms with Gasteiger partial charge in [0, 0.05) is 10.9 Å². The average molecular weight is 382 g/mol. The fourth-order valence-corrected chi connectivity index (χ4v) is 2.63. The number of aromatic nitrogens is 1. The van der Waals surface area contributed by atoms with Gasteiger partial charge in [-0.3, -0.25) is 0 Å². The molecule has 2 rings (SSSR count). The normalized spacial score (nSPS) is 10.4. The van der Waals surface area contributed by atoms with Gasteiger partial charge >= 0.3 is 11.9 Å². The van der Waals surface area contributed by atoms with Gasteiger partial charge in [0.15, 0.2) is 0 Å². The molecular formula is C18H17Cl2NO4. The summed E-state index contributed by atoms with van der Waals surface area (Å²) in [5.41, 5.74) is 1.68. The number of aryl methyl sites for hydroxylation is 1. The molecule has 5 nitrogen and oxygen atoms in total. The minimum atomic E-state index is -0.785. The van der Waals surface area contributed by atoms with Crippen LogP contribution in [0.15, 0.2) is 23.8 Å². The summed E-state index contributed by atoms with van der Waals surface area (Å²) >= 11 is 12.5. The number of halogens is 2. The Kier molecular flexibility index (Phi) is 6.39. The molecule has 132 valence electrons. The van der Waals surface area contributed by atoms with Crippen molar-refractivity contribution in [2.24, 2.45) is 0 Å². The highest BCUT2D eigenvalue weighted by atomic mass is 35.5. The van der Waals surface area contributed by atoms with Crippen LogP contribution in [0.1, 0.15) is 25.0 Å². The van der Waals surface area contributed by atoms with E-state index >= 15 is 0 Å². The highest BCUT2D eigenvalue weighted by molar-refractivity contribution is 6.36. The maximum atomic E-state index is 12.1. The molecule has 25 heavy (non-hydrogen) atoms. The smallest absolute Gasteiger partial charge is 0.345 e. The number of rotatable bonds is 5. The van der Waals surface area contributed by atoms with Crippen LogP contribution < -0.4 is 0 Å². The van der Waals surface area contributed by atoms with Crippen molar-refractivity contribution in [2.75, 3.05) is 13.2 Å². The van der Waals surface area contributed by atoms with E-state index in [-0.39, 0.29) is 23.9 Å². The van der Waals surface area contributed by atoms with Crippen molar-refractivity contribution in [2.45, 2.75) is 20.8 Å². The first-order chi connectivity index (χ1) is 11.9. The molecule has 0 aliphatic carbocycles. The zero-order chi connectivity index (χ0) is 18.6. The topological polar surface area (TPSA) is 65.5 Å². The van der Waals surface area contributed by atoms with Gasteiger partial charge in [0.05, 0.1) is 23.8 Å². The van der Waals surface area contributed by atoms with Gasteiger partial charge in [0.25, 0.3) is 0 Å². The zero-order valence-corrected chi connectivity index (χ0v) is 15.6. The van der Waals surface area contributed by atoms with Crippen LogP contribution in [0, 0.1) is 6.92 Å². The molecule has 1 heterocycles. The first-order valence-electron chi connectivity index (χ1n) is 7.70. The minimum Gasteiger partial charge on any atom is -0.462 e. The summed E-state index contributed by atoms with van der Waals surface area (Å²) < 4.78 is 9.83. The molecule has 0 fully saturated rings. The van der Waals surface area contributed by atoms with Crippen molar-refractivity contribution in [3.05, 3.63) is 45.1 Å². The van der Waals surface area contributed by atoms with Gasteiger partial charge < -0.3 is 9.47 Å². The van der Waals surface area contributed by atoms with Crippen molar-refractivity contribution in [3.8, 4) is 0 Å². The third-order valence-corrected chi connectivity index (χ3v) is 4.04. The van der Waals surface area contributed by atoms with E-state index in [1.165, 1.54) is 6.08 Å². The summed E-state index contributed by atoms with van der Waals surface area (Å²) in [6.07, 6.45) is 1.31. The lowest BCUT2D eigenvalue weighted by Gasteiger charge is -2.09. The largest absolute Gasteiger partial charge is 0.462 e. The first-order valence-corrected chi connectivity index (χ1v) is 8.45. The van der Waals surface area contributed by atoms with Gasteiger partial charge in [-0.05, 0) is 44.5 Å². The molecule has 0 aliphatic heterocycles. The van der Waals surface area contributed by atoms with E-state index in [4.69, 9.17) is 32.7 Å². The Morgan fingerprint density at radius 3 is 2.28 bits per heavy atom. The van der Waals surface area contributed by atoms with Crippen molar-refractivity contribution < 1.29 is 19.1 Å². The Morgan fingerprint density at radius 2 is 1.72 bits per heavy atom. The fourth-order valence-electron chi connectivity index (χ4n) is 2.23. The van der Waals surface area contributed by atoms with Crippen LogP contribution in [-0.2, 0) is 19.1 Å². The molecule has 0 saturated carbocycles. The molecule has 0 N–H and O–H groups in total. The number of esters is 2. The minimum absolute atomic E-state index is 0.129. The van der Waals surface area contributed by atoms with Gasteiger partial charge in [-0.1, -0.05) is 29.3 Å². The summed E-state index contributed by atoms with van der Waals surface area (Å²) in [4.78, 5) is 28.5. The van der Waals surface area contributed by atoms with Gasteiger partial charge in [0.2, 0.25) is 0 Å². The summed E-state index contributed by atoms with van der Waals surface area (Å²) in [7, 11) is 0. The van der Waals surface area contributed by atoms with Crippen molar-refractivity contribution in [1.82, 2.24) is 4.98 Å². The average Bonchev–Trinajstić information content (AvgIpc) is 2.57. The van der Waals surface area contributed by atoms with E-state index in [0.717, 1.165) is 5.56 Å². The zero-order valence-electron chi connectivity index (χ0n) is 14.1. The van der Waals surface area contributed by atoms with Crippen LogP contribution in [-0.4, -0.2) is 30.1 Å². The quantitative estimate of drug-likeness (QED) is 0.253. The van der Waals surface area contributed by atoms with E-state index < -0.39 is 11.9 Å². The van der Waals surface area contributed by atoms with E-state index in [9.17, 15) is 9.59 Å². The number of hydrogen-bond acceptors (Lipinski definition) is 5. The number of ether oxygens (including phenoxy) is 2. The van der Waals surface area contributed by atoms with Crippen LogP contribution >= 0.6 is 23.2 Å². The van der Waals surface area contributed by atoms with Crippen LogP contribution in [0.5, 0.6) is 0 Å². The summed E-state index contributed by atoms with van der Waals surface area (Å²) in [5, 5.41) is 1.31. The van der Waals surface area contributed by atoms with Crippen LogP contribution in [0.25, 0.3) is 17.0 Å². The highest BCUT2D eigenvalue weighted by Gasteiger charge is 2.22. The van der Waals surface area contributed by atoms with Gasteiger partial charge in [0.1, 0.15) is 10.7 Å². The maximum Gasteiger partial charge on any atom is 0.345 e. The number of nitrogens with zero attached hydrogens (tertiary/aromatic N) is 1. The Balaban J connectivity index is 2.62. The van der Waals surface area contributed by atoms with Gasteiger partial charge in [-0.15, -0.1) is 0 Å². The summed E-state index contributed by atoms with van der Waals surface area (Å²) in [5.74, 6) is -1.57. The molecule has 0 amide bonds. The number of pyridine rings is 1. The molecule has 7 heteroatoms. The maximum absolute atomic E-state index is 12.1. The number of benzene rings is 1. The molecule has 1 aromatic heterocycles. The lowest BCUT2D eigenvalue weighted by Crippen LogP contribution is -2.18. The summed E-state index contributed by atoms with van der Waals surface area (Å²) in [6, 6.07) is 5.27. The third kappa shape index (κ3) is 4.30. The number of carbonyl (C=O) groups excluding carboxylic acids is 2. The first kappa shape index (κ1) is 19.2. The standard InChI is InChI=1S/C18H17Cl2NO4/c1-4-24-17(22)13(18(23)25-5-2)9-11-8-12-14(19)7-6-10(3)15(12)21-16(11)20/h6-9H,4-5H2,1-3H3. The summed E-state index contributed by atoms with van der Waals surface area (Å²) in [6.45, 7) is 5.44. The Morgan fingerprint density at radius 1 is 1.12 bits per heavy atom. The second-order valence-electron chi connectivity index (χ2n) is 5.13. The molecule has 0 bridgehead atoms. The van der Waals surface area contributed by atoms with Crippen molar-refractivity contribution >= 4 is 52.1 Å². The number of hydrogen-bond donors (Lipinski definition) is 0. The third-order valence-electron chi connectivity index (χ3n) is 3.40. The lowest BCUT2D eigenvalue weighted by molar-refractivity contribution is -0.146. The van der Waals surface area contributed by atoms with Gasteiger partial charge in [-0.25, -0.2) is 14.6 Å². The van der Waals surface area contributed by atoms with Crippen LogP contribution in [0.4, 0.5) is 0 Å². The SMILES string of the molecule is CCOC(=O)C(=Cc1cc2c(Cl)ccc(C)c2nc1Cl)C(=O)OCC. The lowest BCUT2D eigenvalue weighted by atomic mass is 10.1. The monoisotopic (exact) mass is 381 g/mol. The van der Waals surface area contributed by atoms with E-state index in [1.54, 1.807) is 26.0 Å². The van der Waals surface area contributed by atoms with Crippen molar-refractivity contribution in [3.63, 3.8) is 0 Å². The predicted octanol–water partition coefficient (Wildman–Crippen LogP) is 4.36. The van der Waals surface area contributed by atoms with Gasteiger partial charge in [-0.2, -0.15) is 0 Å². The second kappa shape index (κ2) is 8.32. The Hall–Kier alpha value is -2.11. The highest BCUT2D eigenvalue weighted by Crippen LogP contribution is 2.30. The molecular weight excluding hydrogens is 365 g/mol. The Bertz CT molecular complexity index is 842. The van der Waals surface area contributed by atoms with Crippen molar-refractivity contribution in [1.29, 1.82) is 0 Å². The number of carbonyl (C=O) groups is 2. The molecule has 0 atom stereocenters. The Labute approximate surface area is 155 Å². The molecule has 0 aliphatic rings. The molecule has 0 spiro atoms. The molecule has 1 aromatic carbocycles. The predicted molar refractivity (Wildman–Crippen MR) is 97.7 cm³/mol. The fraction of sp³-hybridized carbons (Fsp3) is 0.278. The van der Waals surface area contributed by atoms with E-state index in [0.29, 0.717) is 21.5 Å². The van der Waals surface area contributed by atoms with E-state index in [2.05, 4.69) is 4.98 Å². The molecule has 0 unspecified atom stereocenters. The number of fused-ring (bicyclic) bond motifs is 1. The second-order valence-corrected chi connectivity index (χ2v) is 5.89.